The van der Waals surface area contributed by atoms with Crippen LogP contribution >= 0.6 is 31.9 Å². The van der Waals surface area contributed by atoms with E-state index in [4.69, 9.17) is 4.74 Å². The zero-order valence-electron chi connectivity index (χ0n) is 7.92. The van der Waals surface area contributed by atoms with Gasteiger partial charge in [-0.25, -0.2) is 4.79 Å². The molecule has 1 rings (SSSR count). The minimum atomic E-state index is -0.458. The van der Waals surface area contributed by atoms with Gasteiger partial charge < -0.3 is 4.74 Å². The second-order valence-electron chi connectivity index (χ2n) is 2.66. The topological polar surface area (TPSA) is 43.4 Å². The number of halogens is 2. The van der Waals surface area contributed by atoms with Crippen LogP contribution in [-0.4, -0.2) is 18.9 Å². The summed E-state index contributed by atoms with van der Waals surface area (Å²) in [6.07, 6.45) is 0.680. The first-order chi connectivity index (χ1) is 7.11. The van der Waals surface area contributed by atoms with Crippen LogP contribution in [0.3, 0.4) is 0 Å². The zero-order chi connectivity index (χ0) is 11.4. The highest BCUT2D eigenvalue weighted by molar-refractivity contribution is 9.11. The molecule has 0 fully saturated rings. The third kappa shape index (κ3) is 2.66. The molecule has 15 heavy (non-hydrogen) atoms. The Balaban J connectivity index is 3.26. The standard InChI is InChI=1S/C10H8Br2O3/c1-2-15-10(14)8-7(11)4-3-6(5-13)9(8)12/h3-5H,2H2,1H3. The predicted octanol–water partition coefficient (Wildman–Crippen LogP) is 3.20. The molecule has 80 valence electrons. The van der Waals surface area contributed by atoms with Gasteiger partial charge in [-0.15, -0.1) is 0 Å². The lowest BCUT2D eigenvalue weighted by Crippen LogP contribution is -2.07. The summed E-state index contributed by atoms with van der Waals surface area (Å²) >= 11 is 6.44. The molecule has 1 aromatic rings. The van der Waals surface area contributed by atoms with Crippen LogP contribution < -0.4 is 0 Å². The Morgan fingerprint density at radius 3 is 2.67 bits per heavy atom. The molecule has 0 aliphatic rings. The number of esters is 1. The van der Waals surface area contributed by atoms with E-state index in [2.05, 4.69) is 31.9 Å². The van der Waals surface area contributed by atoms with E-state index >= 15 is 0 Å². The number of ether oxygens (including phenoxy) is 1. The number of benzene rings is 1. The first-order valence-corrected chi connectivity index (χ1v) is 5.80. The predicted molar refractivity (Wildman–Crippen MR) is 63.2 cm³/mol. The molecule has 0 unspecified atom stereocenters. The second kappa shape index (κ2) is 5.42. The average Bonchev–Trinajstić information content (AvgIpc) is 2.18. The number of hydrogen-bond donors (Lipinski definition) is 0. The molecule has 5 heteroatoms. The maximum absolute atomic E-state index is 11.6. The molecule has 0 atom stereocenters. The van der Waals surface area contributed by atoms with Crippen LogP contribution in [0.15, 0.2) is 21.1 Å². The van der Waals surface area contributed by atoms with Crippen molar-refractivity contribution in [2.24, 2.45) is 0 Å². The number of aldehydes is 1. The van der Waals surface area contributed by atoms with E-state index in [0.29, 0.717) is 33.0 Å². The largest absolute Gasteiger partial charge is 0.462 e. The molecule has 0 radical (unpaired) electrons. The summed E-state index contributed by atoms with van der Waals surface area (Å²) in [5.74, 6) is -0.458. The monoisotopic (exact) mass is 334 g/mol. The van der Waals surface area contributed by atoms with Gasteiger partial charge in [0, 0.05) is 14.5 Å². The van der Waals surface area contributed by atoms with E-state index < -0.39 is 5.97 Å². The fourth-order valence-corrected chi connectivity index (χ4v) is 2.41. The van der Waals surface area contributed by atoms with Gasteiger partial charge in [0.25, 0.3) is 0 Å². The molecule has 0 saturated carbocycles. The van der Waals surface area contributed by atoms with Gasteiger partial charge in [-0.1, -0.05) is 0 Å². The molecule has 0 bridgehead atoms. The van der Waals surface area contributed by atoms with Gasteiger partial charge in [0.05, 0.1) is 12.2 Å². The molecule has 0 heterocycles. The Labute approximate surface area is 104 Å². The van der Waals surface area contributed by atoms with Crippen LogP contribution in [0.2, 0.25) is 0 Å². The zero-order valence-corrected chi connectivity index (χ0v) is 11.1. The molecule has 0 aromatic heterocycles. The summed E-state index contributed by atoms with van der Waals surface area (Å²) in [7, 11) is 0. The summed E-state index contributed by atoms with van der Waals surface area (Å²) in [5.41, 5.74) is 0.753. The van der Waals surface area contributed by atoms with E-state index in [1.807, 2.05) is 0 Å². The number of carbonyl (C=O) groups excluding carboxylic acids is 2. The summed E-state index contributed by atoms with van der Waals surface area (Å²) in [6, 6.07) is 3.25. The third-order valence-electron chi connectivity index (χ3n) is 1.73. The van der Waals surface area contributed by atoms with Crippen LogP contribution in [-0.2, 0) is 4.74 Å². The van der Waals surface area contributed by atoms with E-state index in [1.165, 1.54) is 0 Å². The smallest absolute Gasteiger partial charge is 0.340 e. The van der Waals surface area contributed by atoms with E-state index in [0.717, 1.165) is 0 Å². The van der Waals surface area contributed by atoms with Crippen molar-refractivity contribution in [2.75, 3.05) is 6.61 Å². The van der Waals surface area contributed by atoms with Gasteiger partial charge in [-0.05, 0) is 50.9 Å². The molecule has 0 amide bonds. The molecule has 0 saturated heterocycles. The van der Waals surface area contributed by atoms with Crippen molar-refractivity contribution in [2.45, 2.75) is 6.92 Å². The van der Waals surface area contributed by atoms with Gasteiger partial charge >= 0.3 is 5.97 Å². The average molecular weight is 336 g/mol. The summed E-state index contributed by atoms with van der Waals surface area (Å²) in [5, 5.41) is 0. The van der Waals surface area contributed by atoms with Crippen LogP contribution in [0.5, 0.6) is 0 Å². The Morgan fingerprint density at radius 2 is 2.13 bits per heavy atom. The lowest BCUT2D eigenvalue weighted by atomic mass is 10.1. The SMILES string of the molecule is CCOC(=O)c1c(Br)ccc(C=O)c1Br. The number of hydrogen-bond acceptors (Lipinski definition) is 3. The maximum Gasteiger partial charge on any atom is 0.340 e. The van der Waals surface area contributed by atoms with Gasteiger partial charge in [0.15, 0.2) is 6.29 Å². The van der Waals surface area contributed by atoms with Crippen LogP contribution in [0.25, 0.3) is 0 Å². The first-order valence-electron chi connectivity index (χ1n) is 4.22. The Hall–Kier alpha value is -0.680. The minimum Gasteiger partial charge on any atom is -0.462 e. The Morgan fingerprint density at radius 1 is 1.47 bits per heavy atom. The quantitative estimate of drug-likeness (QED) is 0.629. The van der Waals surface area contributed by atoms with Crippen LogP contribution in [0.1, 0.15) is 27.6 Å². The van der Waals surface area contributed by atoms with Gasteiger partial charge in [0.1, 0.15) is 0 Å². The molecule has 3 nitrogen and oxygen atoms in total. The van der Waals surface area contributed by atoms with Crippen molar-refractivity contribution < 1.29 is 14.3 Å². The lowest BCUT2D eigenvalue weighted by Gasteiger charge is -2.07. The molecule has 0 spiro atoms. The van der Waals surface area contributed by atoms with Crippen molar-refractivity contribution >= 4 is 44.1 Å². The number of carbonyl (C=O) groups is 2. The molecule has 1 aromatic carbocycles. The Bertz CT molecular complexity index is 402. The highest BCUT2D eigenvalue weighted by atomic mass is 79.9. The fourth-order valence-electron chi connectivity index (χ4n) is 1.05. The van der Waals surface area contributed by atoms with Crippen molar-refractivity contribution in [3.8, 4) is 0 Å². The van der Waals surface area contributed by atoms with Gasteiger partial charge in [-0.3, -0.25) is 4.79 Å². The fraction of sp³-hybridized carbons (Fsp3) is 0.200. The normalized spacial score (nSPS) is 9.80. The van der Waals surface area contributed by atoms with E-state index in [1.54, 1.807) is 19.1 Å². The highest BCUT2D eigenvalue weighted by Crippen LogP contribution is 2.28. The molecule has 0 aliphatic carbocycles. The molecular weight excluding hydrogens is 328 g/mol. The van der Waals surface area contributed by atoms with Crippen LogP contribution in [0.4, 0.5) is 0 Å². The highest BCUT2D eigenvalue weighted by Gasteiger charge is 2.17. The number of rotatable bonds is 3. The van der Waals surface area contributed by atoms with Crippen molar-refractivity contribution in [3.63, 3.8) is 0 Å². The van der Waals surface area contributed by atoms with Crippen molar-refractivity contribution in [3.05, 3.63) is 32.2 Å². The summed E-state index contributed by atoms with van der Waals surface area (Å²) < 4.78 is 5.92. The first kappa shape index (κ1) is 12.4. The second-order valence-corrected chi connectivity index (χ2v) is 4.31. The molecule has 0 N–H and O–H groups in total. The van der Waals surface area contributed by atoms with E-state index in [-0.39, 0.29) is 0 Å². The van der Waals surface area contributed by atoms with E-state index in [9.17, 15) is 9.59 Å². The third-order valence-corrected chi connectivity index (χ3v) is 3.24. The van der Waals surface area contributed by atoms with Crippen molar-refractivity contribution in [1.82, 2.24) is 0 Å². The lowest BCUT2D eigenvalue weighted by molar-refractivity contribution is 0.0524. The minimum absolute atomic E-state index is 0.295. The van der Waals surface area contributed by atoms with Gasteiger partial charge in [0.2, 0.25) is 0 Å². The van der Waals surface area contributed by atoms with Crippen molar-refractivity contribution in [1.29, 1.82) is 0 Å². The summed E-state index contributed by atoms with van der Waals surface area (Å²) in [4.78, 5) is 22.2. The maximum atomic E-state index is 11.6. The molecular formula is C10H8Br2O3. The molecule has 0 aliphatic heterocycles. The Kier molecular flexibility index (Phi) is 4.47. The van der Waals surface area contributed by atoms with Gasteiger partial charge in [-0.2, -0.15) is 0 Å². The van der Waals surface area contributed by atoms with Crippen LogP contribution in [0, 0.1) is 0 Å². The summed E-state index contributed by atoms with van der Waals surface area (Å²) in [6.45, 7) is 2.02.